The summed E-state index contributed by atoms with van der Waals surface area (Å²) in [4.78, 5) is 35.8. The molecule has 0 aliphatic carbocycles. The Hall–Kier alpha value is -2.70. The molecule has 134 valence electrons. The standard InChI is InChI=1S/C18H23N3O4/c1-12(2)10-14(18(24)25-3)20-17(23)8-9-21-15-7-5-4-6-13(15)16(22)11-19-21/h4-7,11-12,14H,8-10H2,1-3H3,(H,20,23). The number of hydrogen-bond acceptors (Lipinski definition) is 5. The van der Waals surface area contributed by atoms with E-state index < -0.39 is 12.0 Å². The molecule has 2 aromatic rings. The topological polar surface area (TPSA) is 90.3 Å². The van der Waals surface area contributed by atoms with Gasteiger partial charge in [-0.2, -0.15) is 5.10 Å². The molecule has 1 atom stereocenters. The van der Waals surface area contributed by atoms with Gasteiger partial charge in [0.05, 0.1) is 25.4 Å². The summed E-state index contributed by atoms with van der Waals surface area (Å²) in [5.41, 5.74) is 0.522. The fourth-order valence-electron chi connectivity index (χ4n) is 2.64. The summed E-state index contributed by atoms with van der Waals surface area (Å²) in [6, 6.07) is 6.46. The lowest BCUT2D eigenvalue weighted by molar-refractivity contribution is -0.145. The number of nitrogens with one attached hydrogen (secondary N) is 1. The van der Waals surface area contributed by atoms with Crippen LogP contribution in [0, 0.1) is 5.92 Å². The molecule has 1 aromatic carbocycles. The Morgan fingerprint density at radius 1 is 1.28 bits per heavy atom. The molecule has 7 heteroatoms. The highest BCUT2D eigenvalue weighted by atomic mass is 16.5. The maximum atomic E-state index is 12.2. The highest BCUT2D eigenvalue weighted by Gasteiger charge is 2.22. The summed E-state index contributed by atoms with van der Waals surface area (Å²) in [6.45, 7) is 4.25. The van der Waals surface area contributed by atoms with E-state index in [1.807, 2.05) is 19.9 Å². The molecule has 1 N–H and O–H groups in total. The van der Waals surface area contributed by atoms with Gasteiger partial charge in [-0.15, -0.1) is 0 Å². The van der Waals surface area contributed by atoms with E-state index in [1.165, 1.54) is 13.3 Å². The monoisotopic (exact) mass is 345 g/mol. The van der Waals surface area contributed by atoms with E-state index >= 15 is 0 Å². The molecule has 0 aliphatic rings. The van der Waals surface area contributed by atoms with Crippen LogP contribution >= 0.6 is 0 Å². The van der Waals surface area contributed by atoms with Gasteiger partial charge in [-0.05, 0) is 24.5 Å². The fraction of sp³-hybridized carbons (Fsp3) is 0.444. The van der Waals surface area contributed by atoms with Gasteiger partial charge in [0, 0.05) is 11.8 Å². The second kappa shape index (κ2) is 8.41. The zero-order valence-corrected chi connectivity index (χ0v) is 14.7. The van der Waals surface area contributed by atoms with Gasteiger partial charge in [0.15, 0.2) is 0 Å². The van der Waals surface area contributed by atoms with Gasteiger partial charge in [0.25, 0.3) is 0 Å². The number of rotatable bonds is 7. The first-order chi connectivity index (χ1) is 11.9. The molecule has 0 fully saturated rings. The first kappa shape index (κ1) is 18.6. The van der Waals surface area contributed by atoms with Gasteiger partial charge in [-0.3, -0.25) is 14.3 Å². The molecule has 7 nitrogen and oxygen atoms in total. The largest absolute Gasteiger partial charge is 0.467 e. The molecule has 25 heavy (non-hydrogen) atoms. The van der Waals surface area contributed by atoms with Crippen LogP contribution in [0.4, 0.5) is 0 Å². The summed E-state index contributed by atoms with van der Waals surface area (Å²) in [6.07, 6.45) is 1.90. The minimum atomic E-state index is -0.656. The number of amides is 1. The van der Waals surface area contributed by atoms with E-state index in [9.17, 15) is 14.4 Å². The third-order valence-corrected chi connectivity index (χ3v) is 3.84. The smallest absolute Gasteiger partial charge is 0.328 e. The van der Waals surface area contributed by atoms with Crippen LogP contribution in [0.15, 0.2) is 35.3 Å². The average molecular weight is 345 g/mol. The lowest BCUT2D eigenvalue weighted by Gasteiger charge is -2.18. The molecular formula is C18H23N3O4. The molecule has 1 amide bonds. The SMILES string of the molecule is COC(=O)C(CC(C)C)NC(=O)CCn1ncc(=O)c2ccccc21. The van der Waals surface area contributed by atoms with Crippen molar-refractivity contribution in [3.8, 4) is 0 Å². The molecule has 0 saturated carbocycles. The Labute approximate surface area is 146 Å². The highest BCUT2D eigenvalue weighted by Crippen LogP contribution is 2.09. The van der Waals surface area contributed by atoms with Gasteiger partial charge in [-0.1, -0.05) is 26.0 Å². The number of ether oxygens (including phenoxy) is 1. The lowest BCUT2D eigenvalue weighted by Crippen LogP contribution is -2.42. The van der Waals surface area contributed by atoms with Crippen molar-refractivity contribution in [3.05, 3.63) is 40.7 Å². The number of aryl methyl sites for hydroxylation is 1. The van der Waals surface area contributed by atoms with Gasteiger partial charge >= 0.3 is 5.97 Å². The van der Waals surface area contributed by atoms with Crippen molar-refractivity contribution in [3.63, 3.8) is 0 Å². The molecular weight excluding hydrogens is 322 g/mol. The van der Waals surface area contributed by atoms with Crippen molar-refractivity contribution in [1.29, 1.82) is 0 Å². The normalized spacial score (nSPS) is 12.2. The Morgan fingerprint density at radius 3 is 2.68 bits per heavy atom. The number of para-hydroxylation sites is 1. The molecule has 2 rings (SSSR count). The number of hydrogen-bond donors (Lipinski definition) is 1. The first-order valence-electron chi connectivity index (χ1n) is 8.24. The predicted octanol–water partition coefficient (Wildman–Crippen LogP) is 1.49. The zero-order chi connectivity index (χ0) is 18.4. The molecule has 0 radical (unpaired) electrons. The Balaban J connectivity index is 2.06. The van der Waals surface area contributed by atoms with Crippen molar-refractivity contribution in [1.82, 2.24) is 15.1 Å². The summed E-state index contributed by atoms with van der Waals surface area (Å²) < 4.78 is 6.36. The second-order valence-electron chi connectivity index (χ2n) is 6.27. The molecule has 1 aromatic heterocycles. The van der Waals surface area contributed by atoms with E-state index in [-0.39, 0.29) is 23.7 Å². The summed E-state index contributed by atoms with van der Waals surface area (Å²) in [5.74, 6) is -0.469. The Kier molecular flexibility index (Phi) is 6.27. The van der Waals surface area contributed by atoms with Crippen molar-refractivity contribution in [2.24, 2.45) is 5.92 Å². The predicted molar refractivity (Wildman–Crippen MR) is 94.0 cm³/mol. The molecule has 1 heterocycles. The van der Waals surface area contributed by atoms with E-state index in [2.05, 4.69) is 10.4 Å². The van der Waals surface area contributed by atoms with E-state index in [0.717, 1.165) is 0 Å². The number of fused-ring (bicyclic) bond motifs is 1. The van der Waals surface area contributed by atoms with Crippen LogP contribution in [-0.4, -0.2) is 34.8 Å². The number of benzene rings is 1. The zero-order valence-electron chi connectivity index (χ0n) is 14.7. The van der Waals surface area contributed by atoms with Crippen molar-refractivity contribution in [2.45, 2.75) is 39.3 Å². The van der Waals surface area contributed by atoms with Crippen LogP contribution in [0.5, 0.6) is 0 Å². The van der Waals surface area contributed by atoms with Crippen LogP contribution in [0.1, 0.15) is 26.7 Å². The molecule has 0 aliphatic heterocycles. The van der Waals surface area contributed by atoms with E-state index in [1.54, 1.807) is 22.9 Å². The number of methoxy groups -OCH3 is 1. The van der Waals surface area contributed by atoms with Crippen LogP contribution in [0.3, 0.4) is 0 Å². The average Bonchev–Trinajstić information content (AvgIpc) is 2.59. The van der Waals surface area contributed by atoms with Crippen molar-refractivity contribution >= 4 is 22.8 Å². The summed E-state index contributed by atoms with van der Waals surface area (Å²) in [7, 11) is 1.30. The third kappa shape index (κ3) is 4.89. The van der Waals surface area contributed by atoms with E-state index in [4.69, 9.17) is 4.74 Å². The van der Waals surface area contributed by atoms with E-state index in [0.29, 0.717) is 23.9 Å². The first-order valence-corrected chi connectivity index (χ1v) is 8.24. The summed E-state index contributed by atoms with van der Waals surface area (Å²) >= 11 is 0. The molecule has 0 bridgehead atoms. The highest BCUT2D eigenvalue weighted by molar-refractivity contribution is 5.84. The molecule has 0 spiro atoms. The molecule has 0 saturated heterocycles. The van der Waals surface area contributed by atoms with Crippen molar-refractivity contribution < 1.29 is 14.3 Å². The van der Waals surface area contributed by atoms with Gasteiger partial charge in [0.1, 0.15) is 6.04 Å². The van der Waals surface area contributed by atoms with Crippen LogP contribution in [0.25, 0.3) is 10.9 Å². The second-order valence-corrected chi connectivity index (χ2v) is 6.27. The molecule has 1 unspecified atom stereocenters. The number of aromatic nitrogens is 2. The Morgan fingerprint density at radius 2 is 2.00 bits per heavy atom. The maximum Gasteiger partial charge on any atom is 0.328 e. The summed E-state index contributed by atoms with van der Waals surface area (Å²) in [5, 5.41) is 7.36. The maximum absolute atomic E-state index is 12.2. The van der Waals surface area contributed by atoms with Crippen LogP contribution < -0.4 is 10.7 Å². The van der Waals surface area contributed by atoms with Crippen molar-refractivity contribution in [2.75, 3.05) is 7.11 Å². The number of esters is 1. The fourth-order valence-corrected chi connectivity index (χ4v) is 2.64. The van der Waals surface area contributed by atoms with Gasteiger partial charge < -0.3 is 10.1 Å². The Bertz CT molecular complexity index is 813. The van der Waals surface area contributed by atoms with Gasteiger partial charge in [-0.25, -0.2) is 4.79 Å². The van der Waals surface area contributed by atoms with Gasteiger partial charge in [0.2, 0.25) is 11.3 Å². The lowest BCUT2D eigenvalue weighted by atomic mass is 10.0. The third-order valence-electron chi connectivity index (χ3n) is 3.84. The van der Waals surface area contributed by atoms with Crippen LogP contribution in [0.2, 0.25) is 0 Å². The minimum absolute atomic E-state index is 0.144. The minimum Gasteiger partial charge on any atom is -0.467 e. The number of carbonyl (C=O) groups is 2. The van der Waals surface area contributed by atoms with Crippen LogP contribution in [-0.2, 0) is 20.9 Å². The number of nitrogens with zero attached hydrogens (tertiary/aromatic N) is 2. The number of carbonyl (C=O) groups excluding carboxylic acids is 2. The quantitative estimate of drug-likeness (QED) is 0.768.